The van der Waals surface area contributed by atoms with Crippen LogP contribution < -0.4 is 10.7 Å². The zero-order valence-corrected chi connectivity index (χ0v) is 17.3. The lowest BCUT2D eigenvalue weighted by atomic mass is 9.82. The van der Waals surface area contributed by atoms with Gasteiger partial charge in [-0.15, -0.1) is 17.9 Å². The number of urea groups is 1. The van der Waals surface area contributed by atoms with Crippen molar-refractivity contribution in [1.29, 1.82) is 0 Å². The van der Waals surface area contributed by atoms with Gasteiger partial charge in [-0.3, -0.25) is 19.9 Å². The van der Waals surface area contributed by atoms with Crippen LogP contribution in [0.5, 0.6) is 0 Å². The first-order chi connectivity index (χ1) is 13.4. The summed E-state index contributed by atoms with van der Waals surface area (Å²) >= 11 is 7.47. The van der Waals surface area contributed by atoms with E-state index in [1.54, 1.807) is 6.08 Å². The van der Waals surface area contributed by atoms with Crippen LogP contribution in [-0.2, 0) is 16.1 Å². The molecule has 28 heavy (non-hydrogen) atoms. The van der Waals surface area contributed by atoms with Crippen LogP contribution in [-0.4, -0.2) is 46.4 Å². The maximum atomic E-state index is 12.7. The number of nitrogens with zero attached hydrogens (tertiary/aromatic N) is 2. The second-order valence-corrected chi connectivity index (χ2v) is 9.03. The van der Waals surface area contributed by atoms with Crippen molar-refractivity contribution in [2.24, 2.45) is 0 Å². The molecule has 1 spiro atoms. The van der Waals surface area contributed by atoms with Crippen LogP contribution in [0.15, 0.2) is 24.8 Å². The highest BCUT2D eigenvalue weighted by Gasteiger charge is 2.52. The first kappa shape index (κ1) is 20.8. The molecule has 1 saturated heterocycles. The summed E-state index contributed by atoms with van der Waals surface area (Å²) in [5.74, 6) is -0.712. The molecule has 0 aromatic carbocycles. The highest BCUT2D eigenvalue weighted by Crippen LogP contribution is 2.33. The van der Waals surface area contributed by atoms with Crippen molar-refractivity contribution < 1.29 is 14.4 Å². The normalized spacial score (nSPS) is 18.6. The fraction of sp³-hybridized carbons (Fsp3) is 0.526. The van der Waals surface area contributed by atoms with E-state index < -0.39 is 11.6 Å². The number of thiophene rings is 1. The molecular weight excluding hydrogens is 400 g/mol. The molecule has 4 amide bonds. The van der Waals surface area contributed by atoms with Crippen molar-refractivity contribution in [3.05, 3.63) is 34.0 Å². The molecule has 3 rings (SSSR count). The van der Waals surface area contributed by atoms with Crippen LogP contribution in [0, 0.1) is 0 Å². The van der Waals surface area contributed by atoms with Crippen LogP contribution in [0.4, 0.5) is 4.79 Å². The maximum Gasteiger partial charge on any atom is 0.344 e. The van der Waals surface area contributed by atoms with Crippen molar-refractivity contribution in [2.75, 3.05) is 13.1 Å². The predicted molar refractivity (Wildman–Crippen MR) is 109 cm³/mol. The molecule has 1 aromatic heterocycles. The quantitative estimate of drug-likeness (QED) is 0.496. The Kier molecular flexibility index (Phi) is 6.74. The number of hydrazine groups is 1. The van der Waals surface area contributed by atoms with E-state index >= 15 is 0 Å². The average molecular weight is 425 g/mol. The predicted octanol–water partition coefficient (Wildman–Crippen LogP) is 3.07. The lowest BCUT2D eigenvalue weighted by Crippen LogP contribution is -2.51. The van der Waals surface area contributed by atoms with Gasteiger partial charge in [0.2, 0.25) is 5.91 Å². The number of hydrogen-bond donors (Lipinski definition) is 2. The largest absolute Gasteiger partial charge is 0.344 e. The summed E-state index contributed by atoms with van der Waals surface area (Å²) in [4.78, 5) is 40.5. The van der Waals surface area contributed by atoms with Crippen LogP contribution in [0.2, 0.25) is 4.34 Å². The van der Waals surface area contributed by atoms with Crippen molar-refractivity contribution in [1.82, 2.24) is 20.7 Å². The second-order valence-electron chi connectivity index (χ2n) is 7.23. The Morgan fingerprint density at radius 3 is 2.75 bits per heavy atom. The minimum absolute atomic E-state index is 0.164. The van der Waals surface area contributed by atoms with Crippen molar-refractivity contribution >= 4 is 40.8 Å². The zero-order chi connectivity index (χ0) is 20.1. The lowest BCUT2D eigenvalue weighted by Gasteiger charge is -2.30. The van der Waals surface area contributed by atoms with Crippen LogP contribution in [0.3, 0.4) is 0 Å². The minimum atomic E-state index is -0.837. The minimum Gasteiger partial charge on any atom is -0.322 e. The van der Waals surface area contributed by atoms with Crippen molar-refractivity contribution in [3.8, 4) is 0 Å². The van der Waals surface area contributed by atoms with E-state index in [-0.39, 0.29) is 18.2 Å². The Labute approximate surface area is 173 Å². The summed E-state index contributed by atoms with van der Waals surface area (Å²) in [6, 6.07) is 3.26. The van der Waals surface area contributed by atoms with Gasteiger partial charge in [0.25, 0.3) is 5.91 Å². The molecule has 2 fully saturated rings. The van der Waals surface area contributed by atoms with E-state index in [0.29, 0.717) is 32.5 Å². The number of nitrogens with one attached hydrogen (secondary N) is 2. The molecule has 2 N–H and O–H groups in total. The van der Waals surface area contributed by atoms with Gasteiger partial charge in [0.15, 0.2) is 0 Å². The van der Waals surface area contributed by atoms with Crippen LogP contribution in [0.1, 0.15) is 43.4 Å². The smallest absolute Gasteiger partial charge is 0.322 e. The van der Waals surface area contributed by atoms with Gasteiger partial charge in [0.1, 0.15) is 5.54 Å². The van der Waals surface area contributed by atoms with E-state index in [0.717, 1.165) is 33.5 Å². The molecule has 1 saturated carbocycles. The number of amides is 4. The van der Waals surface area contributed by atoms with Gasteiger partial charge in [-0.05, 0) is 25.0 Å². The molecular formula is C19H25ClN4O3S. The molecule has 1 aromatic rings. The third-order valence-electron chi connectivity index (χ3n) is 5.16. The summed E-state index contributed by atoms with van der Waals surface area (Å²) in [7, 11) is 0. The molecule has 0 unspecified atom stereocenters. The highest BCUT2D eigenvalue weighted by atomic mass is 35.5. The Hall–Kier alpha value is -1.90. The molecule has 2 aliphatic rings. The number of halogens is 1. The van der Waals surface area contributed by atoms with Gasteiger partial charge < -0.3 is 5.32 Å². The topological polar surface area (TPSA) is 81.8 Å². The number of carbonyl (C=O) groups excluding carboxylic acids is 3. The summed E-state index contributed by atoms with van der Waals surface area (Å²) in [6.45, 7) is 5.51. The standard InChI is InChI=1S/C19H25ClN4O3S/c1-2-11-23(13-14-6-7-15(20)28-14)12-8-16(25)22-24-17(26)19(21-18(24)27)9-4-3-5-10-19/h2,6-7H,1,3-5,8-13H2,(H,21,27)(H,22,25). The van der Waals surface area contributed by atoms with E-state index in [1.807, 2.05) is 12.1 Å². The lowest BCUT2D eigenvalue weighted by molar-refractivity contribution is -0.140. The van der Waals surface area contributed by atoms with Crippen molar-refractivity contribution in [3.63, 3.8) is 0 Å². The number of rotatable bonds is 8. The van der Waals surface area contributed by atoms with E-state index in [2.05, 4.69) is 22.2 Å². The first-order valence-corrected chi connectivity index (χ1v) is 10.7. The molecule has 152 valence electrons. The maximum absolute atomic E-state index is 12.7. The average Bonchev–Trinajstić information content (AvgIpc) is 3.17. The van der Waals surface area contributed by atoms with Gasteiger partial charge in [-0.1, -0.05) is 36.9 Å². The molecule has 0 atom stereocenters. The van der Waals surface area contributed by atoms with Gasteiger partial charge in [-0.25, -0.2) is 4.79 Å². The Morgan fingerprint density at radius 1 is 1.36 bits per heavy atom. The Morgan fingerprint density at radius 2 is 2.11 bits per heavy atom. The van der Waals surface area contributed by atoms with Crippen LogP contribution in [0.25, 0.3) is 0 Å². The molecule has 1 aliphatic heterocycles. The third-order valence-corrected chi connectivity index (χ3v) is 6.37. The zero-order valence-electron chi connectivity index (χ0n) is 15.7. The van der Waals surface area contributed by atoms with E-state index in [1.165, 1.54) is 11.3 Å². The van der Waals surface area contributed by atoms with Gasteiger partial charge in [0, 0.05) is 30.9 Å². The molecule has 0 radical (unpaired) electrons. The van der Waals surface area contributed by atoms with Gasteiger partial charge >= 0.3 is 6.03 Å². The summed E-state index contributed by atoms with van der Waals surface area (Å²) in [6.07, 6.45) is 6.05. The molecule has 7 nitrogen and oxygen atoms in total. The number of hydrogen-bond acceptors (Lipinski definition) is 5. The highest BCUT2D eigenvalue weighted by molar-refractivity contribution is 7.16. The summed E-state index contributed by atoms with van der Waals surface area (Å²) in [5.41, 5.74) is 1.64. The molecule has 0 bridgehead atoms. The third kappa shape index (κ3) is 4.74. The number of carbonyl (C=O) groups is 3. The number of imide groups is 1. The molecule has 1 aliphatic carbocycles. The SMILES string of the molecule is C=CCN(CCC(=O)NN1C(=O)NC2(CCCCC2)C1=O)Cc1ccc(Cl)s1. The first-order valence-electron chi connectivity index (χ1n) is 9.47. The Balaban J connectivity index is 1.53. The van der Waals surface area contributed by atoms with E-state index in [9.17, 15) is 14.4 Å². The molecule has 9 heteroatoms. The summed E-state index contributed by atoms with van der Waals surface area (Å²) < 4.78 is 0.724. The van der Waals surface area contributed by atoms with Crippen LogP contribution >= 0.6 is 22.9 Å². The van der Waals surface area contributed by atoms with Gasteiger partial charge in [0.05, 0.1) is 4.34 Å². The molecule has 2 heterocycles. The fourth-order valence-corrected chi connectivity index (χ4v) is 4.86. The second kappa shape index (κ2) is 9.07. The van der Waals surface area contributed by atoms with E-state index in [4.69, 9.17) is 11.6 Å². The van der Waals surface area contributed by atoms with Gasteiger partial charge in [-0.2, -0.15) is 5.01 Å². The monoisotopic (exact) mass is 424 g/mol. The Bertz CT molecular complexity index is 760. The summed E-state index contributed by atoms with van der Waals surface area (Å²) in [5, 5.41) is 3.63. The fourth-order valence-electron chi connectivity index (χ4n) is 3.73. The van der Waals surface area contributed by atoms with Crippen molar-refractivity contribution in [2.45, 2.75) is 50.6 Å².